The number of halogens is 3. The zero-order chi connectivity index (χ0) is 23.4. The third-order valence-electron chi connectivity index (χ3n) is 4.52. The van der Waals surface area contributed by atoms with E-state index in [1.807, 2.05) is 36.4 Å². The van der Waals surface area contributed by atoms with E-state index in [4.69, 9.17) is 4.84 Å². The highest BCUT2D eigenvalue weighted by atomic mass is 19.4. The van der Waals surface area contributed by atoms with Gasteiger partial charge in [-0.2, -0.15) is 13.2 Å². The molecule has 0 saturated heterocycles. The number of aliphatic hydroxyl groups is 1. The summed E-state index contributed by atoms with van der Waals surface area (Å²) in [7, 11) is 0. The number of nitrogens with one attached hydrogen (secondary N) is 1. The molecule has 0 aliphatic rings. The summed E-state index contributed by atoms with van der Waals surface area (Å²) in [5.74, 6) is -1.04. The van der Waals surface area contributed by atoms with Crippen molar-refractivity contribution in [1.82, 2.24) is 10.4 Å². The Labute approximate surface area is 178 Å². The van der Waals surface area contributed by atoms with Gasteiger partial charge in [0.05, 0.1) is 18.1 Å². The summed E-state index contributed by atoms with van der Waals surface area (Å²) in [4.78, 5) is 29.2. The van der Waals surface area contributed by atoms with Gasteiger partial charge in [-0.05, 0) is 50.1 Å². The summed E-state index contributed by atoms with van der Waals surface area (Å²) < 4.78 is 39.3. The maximum atomic E-state index is 13.1. The lowest BCUT2D eigenvalue weighted by Crippen LogP contribution is -2.53. The number of carbonyl (C=O) groups excluding carboxylic acids is 2. The van der Waals surface area contributed by atoms with Gasteiger partial charge in [0.25, 0.3) is 5.91 Å². The molecule has 0 saturated carbocycles. The number of nitrogens with zero attached hydrogens (tertiary/aromatic N) is 1. The van der Waals surface area contributed by atoms with Crippen molar-refractivity contribution in [1.29, 1.82) is 0 Å². The summed E-state index contributed by atoms with van der Waals surface area (Å²) in [6.45, 7) is 6.24. The Bertz CT molecular complexity index is 911. The van der Waals surface area contributed by atoms with Crippen molar-refractivity contribution < 1.29 is 32.7 Å². The van der Waals surface area contributed by atoms with E-state index < -0.39 is 42.3 Å². The number of hydroxylamine groups is 2. The van der Waals surface area contributed by atoms with Crippen LogP contribution in [0.1, 0.15) is 45.7 Å². The number of carbonyl (C=O) groups is 2. The quantitative estimate of drug-likeness (QED) is 0.482. The van der Waals surface area contributed by atoms with Crippen LogP contribution >= 0.6 is 0 Å². The molecular weight excluding hydrogens is 413 g/mol. The van der Waals surface area contributed by atoms with Crippen LogP contribution in [0.3, 0.4) is 0 Å². The average Bonchev–Trinajstić information content (AvgIpc) is 2.68. The van der Waals surface area contributed by atoms with Crippen molar-refractivity contribution in [2.45, 2.75) is 64.1 Å². The maximum Gasteiger partial charge on any atom is 0.391 e. The Morgan fingerprint density at radius 2 is 1.77 bits per heavy atom. The number of hydrogen-bond donors (Lipinski definition) is 2. The molecule has 0 aliphatic carbocycles. The maximum absolute atomic E-state index is 13.1. The van der Waals surface area contributed by atoms with Crippen molar-refractivity contribution in [2.24, 2.45) is 0 Å². The average molecular weight is 440 g/mol. The Kier molecular flexibility index (Phi) is 7.67. The Balaban J connectivity index is 2.20. The first-order valence-electron chi connectivity index (χ1n) is 9.77. The molecule has 31 heavy (non-hydrogen) atoms. The van der Waals surface area contributed by atoms with Gasteiger partial charge in [-0.25, -0.2) is 5.06 Å². The minimum Gasteiger partial charge on any atom is -0.381 e. The van der Waals surface area contributed by atoms with Crippen LogP contribution in [0.4, 0.5) is 13.2 Å². The first-order chi connectivity index (χ1) is 14.3. The van der Waals surface area contributed by atoms with Crippen LogP contribution in [0, 0.1) is 0 Å². The van der Waals surface area contributed by atoms with E-state index in [1.54, 1.807) is 13.0 Å². The van der Waals surface area contributed by atoms with E-state index in [0.29, 0.717) is 10.6 Å². The monoisotopic (exact) mass is 440 g/mol. The van der Waals surface area contributed by atoms with Crippen molar-refractivity contribution in [3.8, 4) is 0 Å². The van der Waals surface area contributed by atoms with Gasteiger partial charge in [0.2, 0.25) is 6.41 Å². The van der Waals surface area contributed by atoms with Crippen molar-refractivity contribution in [3.05, 3.63) is 48.0 Å². The van der Waals surface area contributed by atoms with Crippen LogP contribution in [-0.4, -0.2) is 46.4 Å². The minimum absolute atomic E-state index is 0.0327. The number of benzene rings is 2. The molecule has 170 valence electrons. The molecule has 0 radical (unpaired) electrons. The third kappa shape index (κ3) is 7.22. The van der Waals surface area contributed by atoms with E-state index in [1.165, 1.54) is 20.8 Å². The molecule has 9 heteroatoms. The summed E-state index contributed by atoms with van der Waals surface area (Å²) in [6.07, 6.45) is -8.47. The second-order valence-electron chi connectivity index (χ2n) is 8.34. The van der Waals surface area contributed by atoms with Crippen LogP contribution in [-0.2, 0) is 14.4 Å². The normalized spacial score (nSPS) is 15.2. The lowest BCUT2D eigenvalue weighted by atomic mass is 10.0. The second-order valence-corrected chi connectivity index (χ2v) is 8.34. The first-order valence-corrected chi connectivity index (χ1v) is 9.77. The van der Waals surface area contributed by atoms with E-state index in [2.05, 4.69) is 5.32 Å². The second kappa shape index (κ2) is 9.65. The molecule has 0 aliphatic heterocycles. The highest BCUT2D eigenvalue weighted by Crippen LogP contribution is 2.28. The minimum atomic E-state index is -4.74. The van der Waals surface area contributed by atoms with Gasteiger partial charge in [-0.1, -0.05) is 36.4 Å². The number of rotatable bonds is 8. The number of alkyl halides is 3. The van der Waals surface area contributed by atoms with Gasteiger partial charge < -0.3 is 10.4 Å². The molecule has 2 aromatic rings. The first kappa shape index (κ1) is 24.6. The van der Waals surface area contributed by atoms with Crippen molar-refractivity contribution >= 4 is 23.1 Å². The largest absolute Gasteiger partial charge is 0.391 e. The zero-order valence-corrected chi connectivity index (χ0v) is 17.8. The molecule has 0 spiro atoms. The molecule has 0 aromatic heterocycles. The van der Waals surface area contributed by atoms with E-state index in [9.17, 15) is 27.9 Å². The van der Waals surface area contributed by atoms with Gasteiger partial charge in [-0.3, -0.25) is 14.4 Å². The van der Waals surface area contributed by atoms with E-state index in [-0.39, 0.29) is 6.41 Å². The van der Waals surface area contributed by atoms with Crippen LogP contribution < -0.4 is 5.32 Å². The van der Waals surface area contributed by atoms with Crippen molar-refractivity contribution in [3.63, 3.8) is 0 Å². The molecule has 2 N–H and O–H groups in total. The Morgan fingerprint density at radius 3 is 2.32 bits per heavy atom. The SMILES string of the molecule is CC(NC(=O)C(O)C(CC(F)(F)F)N(C=O)OC(C)(C)C)c1ccc2ccccc2c1. The van der Waals surface area contributed by atoms with Crippen molar-refractivity contribution in [2.75, 3.05) is 0 Å². The van der Waals surface area contributed by atoms with Crippen LogP contribution in [0.2, 0.25) is 0 Å². The fourth-order valence-corrected chi connectivity index (χ4v) is 3.10. The van der Waals surface area contributed by atoms with Gasteiger partial charge >= 0.3 is 6.18 Å². The lowest BCUT2D eigenvalue weighted by Gasteiger charge is -2.35. The molecular formula is C22H27F3N2O4. The fourth-order valence-electron chi connectivity index (χ4n) is 3.10. The molecule has 3 atom stereocenters. The number of hydrogen-bond acceptors (Lipinski definition) is 4. The molecule has 2 rings (SSSR count). The topological polar surface area (TPSA) is 78.9 Å². The number of amides is 2. The fraction of sp³-hybridized carbons (Fsp3) is 0.455. The standard InChI is InChI=1S/C22H27F3N2O4/c1-14(16-10-9-15-7-5-6-8-17(15)11-16)26-20(30)19(29)18(12-22(23,24)25)27(13-28)31-21(2,3)4/h5-11,13-14,18-19,29H,12H2,1-4H3,(H,26,30). The highest BCUT2D eigenvalue weighted by molar-refractivity contribution is 5.84. The zero-order valence-electron chi connectivity index (χ0n) is 17.8. The molecule has 0 heterocycles. The van der Waals surface area contributed by atoms with E-state index >= 15 is 0 Å². The molecule has 2 amide bonds. The summed E-state index contributed by atoms with van der Waals surface area (Å²) in [5.41, 5.74) is -0.302. The van der Waals surface area contributed by atoms with Crippen LogP contribution in [0.5, 0.6) is 0 Å². The Hall–Kier alpha value is -2.65. The third-order valence-corrected chi connectivity index (χ3v) is 4.52. The van der Waals surface area contributed by atoms with Crippen LogP contribution in [0.15, 0.2) is 42.5 Å². The van der Waals surface area contributed by atoms with Gasteiger partial charge in [0, 0.05) is 0 Å². The highest BCUT2D eigenvalue weighted by Gasteiger charge is 2.42. The van der Waals surface area contributed by atoms with Crippen LogP contribution in [0.25, 0.3) is 10.8 Å². The van der Waals surface area contributed by atoms with Gasteiger partial charge in [0.15, 0.2) is 6.10 Å². The smallest absolute Gasteiger partial charge is 0.381 e. The predicted octanol–water partition coefficient (Wildman–Crippen LogP) is 3.89. The van der Waals surface area contributed by atoms with E-state index in [0.717, 1.165) is 10.8 Å². The molecule has 2 aromatic carbocycles. The molecule has 3 unspecified atom stereocenters. The van der Waals surface area contributed by atoms with Gasteiger partial charge in [-0.15, -0.1) is 0 Å². The number of aliphatic hydroxyl groups excluding tert-OH is 1. The Morgan fingerprint density at radius 1 is 1.16 bits per heavy atom. The number of fused-ring (bicyclic) bond motifs is 1. The lowest BCUT2D eigenvalue weighted by molar-refractivity contribution is -0.257. The summed E-state index contributed by atoms with van der Waals surface area (Å²) in [6, 6.07) is 10.5. The molecule has 6 nitrogen and oxygen atoms in total. The molecule has 0 fully saturated rings. The molecule has 0 bridgehead atoms. The summed E-state index contributed by atoms with van der Waals surface area (Å²) >= 11 is 0. The van der Waals surface area contributed by atoms with Gasteiger partial charge in [0.1, 0.15) is 6.04 Å². The predicted molar refractivity (Wildman–Crippen MR) is 110 cm³/mol. The summed E-state index contributed by atoms with van der Waals surface area (Å²) in [5, 5.41) is 15.2.